The van der Waals surface area contributed by atoms with E-state index in [0.29, 0.717) is 11.9 Å². The fourth-order valence-corrected chi connectivity index (χ4v) is 2.04. The summed E-state index contributed by atoms with van der Waals surface area (Å²) in [5.74, 6) is -0.210. The van der Waals surface area contributed by atoms with Crippen LogP contribution in [0.15, 0.2) is 0 Å². The van der Waals surface area contributed by atoms with Crippen molar-refractivity contribution in [3.63, 3.8) is 0 Å². The van der Waals surface area contributed by atoms with Crippen molar-refractivity contribution in [2.75, 3.05) is 11.9 Å². The Balaban J connectivity index is 2.66. The monoisotopic (exact) mass is 305 g/mol. The molecular weight excluding hydrogens is 286 g/mol. The molecule has 1 unspecified atom stereocenters. The number of piperidine rings is 1. The summed E-state index contributed by atoms with van der Waals surface area (Å²) in [4.78, 5) is 28.9. The van der Waals surface area contributed by atoms with E-state index in [1.54, 1.807) is 25.8 Å². The lowest BCUT2D eigenvalue weighted by atomic mass is 9.97. The van der Waals surface area contributed by atoms with Crippen LogP contribution < -0.4 is 0 Å². The van der Waals surface area contributed by atoms with Crippen molar-refractivity contribution >= 4 is 27.7 Å². The van der Waals surface area contributed by atoms with Crippen LogP contribution in [0.25, 0.3) is 0 Å². The molecule has 0 spiro atoms. The Labute approximate surface area is 111 Å². The predicted molar refractivity (Wildman–Crippen MR) is 68.7 cm³/mol. The lowest BCUT2D eigenvalue weighted by molar-refractivity contribution is -0.215. The molecule has 0 aromatic heterocycles. The van der Waals surface area contributed by atoms with Crippen LogP contribution in [-0.4, -0.2) is 34.7 Å². The molecule has 1 heterocycles. The van der Waals surface area contributed by atoms with Crippen LogP contribution in [0.5, 0.6) is 0 Å². The third-order valence-electron chi connectivity index (χ3n) is 2.77. The number of halogens is 1. The largest absolute Gasteiger partial charge is 0.367 e. The van der Waals surface area contributed by atoms with Gasteiger partial charge >= 0.3 is 5.97 Å². The van der Waals surface area contributed by atoms with Crippen LogP contribution in [0, 0.1) is 5.41 Å². The van der Waals surface area contributed by atoms with E-state index in [2.05, 4.69) is 15.9 Å². The second kappa shape index (κ2) is 5.96. The Morgan fingerprint density at radius 3 is 2.53 bits per heavy atom. The molecule has 0 aromatic carbocycles. The van der Waals surface area contributed by atoms with Gasteiger partial charge in [0.05, 0.1) is 10.7 Å². The van der Waals surface area contributed by atoms with Crippen molar-refractivity contribution in [3.05, 3.63) is 0 Å². The van der Waals surface area contributed by atoms with Crippen LogP contribution >= 0.6 is 15.9 Å². The van der Waals surface area contributed by atoms with Gasteiger partial charge in [0.15, 0.2) is 5.78 Å². The Hall–Kier alpha value is -0.420. The van der Waals surface area contributed by atoms with Gasteiger partial charge in [0.2, 0.25) is 0 Å². The number of carbonyl (C=O) groups is 2. The first-order valence-corrected chi connectivity index (χ1v) is 7.06. The Kier molecular flexibility index (Phi) is 5.13. The number of carbonyl (C=O) groups excluding carboxylic acids is 2. The zero-order valence-electron chi connectivity index (χ0n) is 10.7. The molecule has 1 atom stereocenters. The standard InChI is InChI=1S/C12H20BrNO3/c1-12(2,3)11(16)17-14-7-5-4-6-9(14)10(15)8-13/h9H,4-8H2,1-3H3. The number of rotatable bonds is 3. The summed E-state index contributed by atoms with van der Waals surface area (Å²) >= 11 is 3.17. The summed E-state index contributed by atoms with van der Waals surface area (Å²) in [6.45, 7) is 6.06. The van der Waals surface area contributed by atoms with Crippen molar-refractivity contribution in [2.45, 2.75) is 46.1 Å². The average molecular weight is 306 g/mol. The molecule has 0 aromatic rings. The highest BCUT2D eigenvalue weighted by molar-refractivity contribution is 9.09. The first kappa shape index (κ1) is 14.6. The van der Waals surface area contributed by atoms with E-state index >= 15 is 0 Å². The lowest BCUT2D eigenvalue weighted by Gasteiger charge is -2.34. The third kappa shape index (κ3) is 4.07. The van der Waals surface area contributed by atoms with Gasteiger partial charge < -0.3 is 4.84 Å². The molecule has 1 aliphatic heterocycles. The van der Waals surface area contributed by atoms with Crippen LogP contribution in [0.2, 0.25) is 0 Å². The molecule has 98 valence electrons. The van der Waals surface area contributed by atoms with E-state index in [1.807, 2.05) is 0 Å². The molecule has 1 aliphatic rings. The summed E-state index contributed by atoms with van der Waals surface area (Å²) in [6, 6.07) is -0.283. The van der Waals surface area contributed by atoms with Crippen LogP contribution in [-0.2, 0) is 14.4 Å². The maximum atomic E-state index is 11.8. The van der Waals surface area contributed by atoms with Crippen molar-refractivity contribution in [3.8, 4) is 0 Å². The number of nitrogens with zero attached hydrogens (tertiary/aromatic N) is 1. The minimum Gasteiger partial charge on any atom is -0.367 e. The van der Waals surface area contributed by atoms with Crippen molar-refractivity contribution < 1.29 is 14.4 Å². The normalized spacial score (nSPS) is 22.2. The Morgan fingerprint density at radius 2 is 2.00 bits per heavy atom. The predicted octanol–water partition coefficient (Wildman–Crippen LogP) is 2.31. The molecule has 0 aliphatic carbocycles. The van der Waals surface area contributed by atoms with Crippen LogP contribution in [0.3, 0.4) is 0 Å². The summed E-state index contributed by atoms with van der Waals surface area (Å²) < 4.78 is 0. The zero-order chi connectivity index (χ0) is 13.1. The highest BCUT2D eigenvalue weighted by Crippen LogP contribution is 2.22. The van der Waals surface area contributed by atoms with E-state index < -0.39 is 5.41 Å². The Morgan fingerprint density at radius 1 is 1.35 bits per heavy atom. The molecule has 1 fully saturated rings. The van der Waals surface area contributed by atoms with E-state index in [1.165, 1.54) is 0 Å². The Bertz CT molecular complexity index is 299. The quantitative estimate of drug-likeness (QED) is 0.751. The molecule has 5 heteroatoms. The van der Waals surface area contributed by atoms with Gasteiger partial charge in [-0.3, -0.25) is 4.79 Å². The maximum Gasteiger partial charge on any atom is 0.330 e. The van der Waals surface area contributed by atoms with Gasteiger partial charge in [-0.2, -0.15) is 0 Å². The van der Waals surface area contributed by atoms with Crippen molar-refractivity contribution in [1.82, 2.24) is 5.06 Å². The first-order valence-electron chi connectivity index (χ1n) is 5.94. The molecule has 0 N–H and O–H groups in total. The second-order valence-corrected chi connectivity index (χ2v) is 5.94. The van der Waals surface area contributed by atoms with Crippen LogP contribution in [0.1, 0.15) is 40.0 Å². The summed E-state index contributed by atoms with van der Waals surface area (Å²) in [6.07, 6.45) is 2.73. The summed E-state index contributed by atoms with van der Waals surface area (Å²) in [7, 11) is 0. The molecule has 0 bridgehead atoms. The minimum atomic E-state index is -0.542. The summed E-state index contributed by atoms with van der Waals surface area (Å²) in [5.41, 5.74) is -0.542. The van der Waals surface area contributed by atoms with Crippen molar-refractivity contribution in [2.24, 2.45) is 5.41 Å². The topological polar surface area (TPSA) is 46.6 Å². The number of hydrogen-bond acceptors (Lipinski definition) is 4. The van der Waals surface area contributed by atoms with E-state index in [0.717, 1.165) is 19.3 Å². The van der Waals surface area contributed by atoms with Crippen molar-refractivity contribution in [1.29, 1.82) is 0 Å². The SMILES string of the molecule is CC(C)(C)C(=O)ON1CCCCC1C(=O)CBr. The first-order chi connectivity index (χ1) is 7.86. The molecule has 0 amide bonds. The van der Waals surface area contributed by atoms with Crippen LogP contribution in [0.4, 0.5) is 0 Å². The average Bonchev–Trinajstić information content (AvgIpc) is 2.27. The molecule has 1 rings (SSSR count). The second-order valence-electron chi connectivity index (χ2n) is 5.38. The smallest absolute Gasteiger partial charge is 0.330 e. The number of Topliss-reactive ketones (excluding diaryl/α,β-unsaturated/α-hetero) is 1. The van der Waals surface area contributed by atoms with Gasteiger partial charge in [0.25, 0.3) is 0 Å². The van der Waals surface area contributed by atoms with E-state index in [-0.39, 0.29) is 17.8 Å². The fraction of sp³-hybridized carbons (Fsp3) is 0.833. The molecule has 4 nitrogen and oxygen atoms in total. The number of hydroxylamine groups is 2. The third-order valence-corrected chi connectivity index (χ3v) is 3.32. The van der Waals surface area contributed by atoms with Gasteiger partial charge in [-0.25, -0.2) is 4.79 Å². The zero-order valence-corrected chi connectivity index (χ0v) is 12.2. The molecule has 17 heavy (non-hydrogen) atoms. The minimum absolute atomic E-state index is 0.0754. The number of alkyl halides is 1. The molecule has 0 saturated carbocycles. The number of hydrogen-bond donors (Lipinski definition) is 0. The fourth-order valence-electron chi connectivity index (χ4n) is 1.67. The van der Waals surface area contributed by atoms with E-state index in [9.17, 15) is 9.59 Å². The van der Waals surface area contributed by atoms with Gasteiger partial charge in [0, 0.05) is 6.54 Å². The molecular formula is C12H20BrNO3. The van der Waals surface area contributed by atoms with Gasteiger partial charge in [0.1, 0.15) is 6.04 Å². The highest BCUT2D eigenvalue weighted by atomic mass is 79.9. The molecule has 1 saturated heterocycles. The maximum absolute atomic E-state index is 11.8. The molecule has 0 radical (unpaired) electrons. The summed E-state index contributed by atoms with van der Waals surface area (Å²) in [5, 5.41) is 1.86. The highest BCUT2D eigenvalue weighted by Gasteiger charge is 2.33. The lowest BCUT2D eigenvalue weighted by Crippen LogP contribution is -2.47. The number of ketones is 1. The van der Waals surface area contributed by atoms with Gasteiger partial charge in [-0.1, -0.05) is 15.9 Å². The van der Waals surface area contributed by atoms with Gasteiger partial charge in [-0.05, 0) is 40.0 Å². The van der Waals surface area contributed by atoms with E-state index in [4.69, 9.17) is 4.84 Å². The van der Waals surface area contributed by atoms with Gasteiger partial charge in [-0.15, -0.1) is 5.06 Å².